The van der Waals surface area contributed by atoms with E-state index >= 15 is 0 Å². The third-order valence-electron chi connectivity index (χ3n) is 4.54. The van der Waals surface area contributed by atoms with E-state index in [1.54, 1.807) is 20.0 Å². The van der Waals surface area contributed by atoms with Gasteiger partial charge in [0.25, 0.3) is 0 Å². The van der Waals surface area contributed by atoms with Crippen LogP contribution < -0.4 is 5.32 Å². The van der Waals surface area contributed by atoms with Gasteiger partial charge in [0.2, 0.25) is 11.8 Å². The molecule has 1 atom stereocenters. The zero-order chi connectivity index (χ0) is 18.7. The lowest BCUT2D eigenvalue weighted by Crippen LogP contribution is -2.31. The second kappa shape index (κ2) is 7.59. The van der Waals surface area contributed by atoms with E-state index in [-0.39, 0.29) is 24.3 Å². The lowest BCUT2D eigenvalue weighted by Gasteiger charge is -2.25. The van der Waals surface area contributed by atoms with E-state index in [1.165, 1.54) is 0 Å². The molecule has 1 aliphatic heterocycles. The minimum absolute atomic E-state index is 0.0350. The number of likely N-dealkylation sites (tertiary alicyclic amines) is 1. The first-order chi connectivity index (χ1) is 12.5. The molecule has 0 bridgehead atoms. The molecule has 3 heterocycles. The van der Waals surface area contributed by atoms with Crippen molar-refractivity contribution in [2.75, 3.05) is 6.54 Å². The molecule has 0 aromatic carbocycles. The Kier molecular flexibility index (Phi) is 5.24. The van der Waals surface area contributed by atoms with Crippen LogP contribution in [0.25, 0.3) is 0 Å². The molecule has 138 valence electrons. The molecule has 1 saturated heterocycles. The lowest BCUT2D eigenvalue weighted by molar-refractivity contribution is -0.129. The summed E-state index contributed by atoms with van der Waals surface area (Å²) < 4.78 is 4.61. The van der Waals surface area contributed by atoms with Gasteiger partial charge in [0.1, 0.15) is 17.2 Å². The maximum Gasteiger partial charge on any atom is 0.226 e. The highest BCUT2D eigenvalue weighted by Gasteiger charge is 2.31. The fourth-order valence-electron chi connectivity index (χ4n) is 3.18. The molecule has 26 heavy (non-hydrogen) atoms. The van der Waals surface area contributed by atoms with Crippen molar-refractivity contribution in [2.24, 2.45) is 0 Å². The summed E-state index contributed by atoms with van der Waals surface area (Å²) in [7, 11) is 0. The molecule has 0 aliphatic carbocycles. The fraction of sp³-hybridized carbons (Fsp3) is 0.529. The van der Waals surface area contributed by atoms with E-state index in [2.05, 4.69) is 30.2 Å². The molecule has 2 aromatic heterocycles. The van der Waals surface area contributed by atoms with Crippen molar-refractivity contribution < 1.29 is 14.2 Å². The van der Waals surface area contributed by atoms with Crippen LogP contribution >= 0.6 is 0 Å². The standard InChI is InChI=1S/C17H22N6O3/c1-10-14(22-26-21-10)7-16(25)19-9-13-8-18-11(2)20-17(13)15-5-4-6-23(15)12(3)24/h8,15H,4-7,9H2,1-3H3,(H,19,25). The van der Waals surface area contributed by atoms with Gasteiger partial charge in [-0.15, -0.1) is 0 Å². The molecule has 1 aliphatic rings. The van der Waals surface area contributed by atoms with Gasteiger partial charge in [-0.2, -0.15) is 0 Å². The van der Waals surface area contributed by atoms with Gasteiger partial charge in [-0.3, -0.25) is 9.59 Å². The maximum atomic E-state index is 12.2. The van der Waals surface area contributed by atoms with Gasteiger partial charge in [-0.25, -0.2) is 14.6 Å². The maximum absolute atomic E-state index is 12.2. The number of carbonyl (C=O) groups is 2. The summed E-state index contributed by atoms with van der Waals surface area (Å²) in [5.41, 5.74) is 2.74. The lowest BCUT2D eigenvalue weighted by atomic mass is 10.1. The number of aromatic nitrogens is 4. The molecule has 1 fully saturated rings. The van der Waals surface area contributed by atoms with E-state index in [0.717, 1.165) is 30.6 Å². The Morgan fingerprint density at radius 2 is 2.15 bits per heavy atom. The summed E-state index contributed by atoms with van der Waals surface area (Å²) in [5, 5.41) is 10.2. The van der Waals surface area contributed by atoms with Crippen molar-refractivity contribution in [1.82, 2.24) is 30.5 Å². The van der Waals surface area contributed by atoms with E-state index in [0.29, 0.717) is 23.8 Å². The van der Waals surface area contributed by atoms with Crippen molar-refractivity contribution in [1.29, 1.82) is 0 Å². The number of rotatable bonds is 5. The van der Waals surface area contributed by atoms with E-state index in [4.69, 9.17) is 0 Å². The molecule has 9 heteroatoms. The van der Waals surface area contributed by atoms with Gasteiger partial charge in [-0.05, 0) is 26.7 Å². The second-order valence-electron chi connectivity index (χ2n) is 6.45. The Morgan fingerprint density at radius 1 is 1.35 bits per heavy atom. The molecule has 2 aromatic rings. The summed E-state index contributed by atoms with van der Waals surface area (Å²) in [6.07, 6.45) is 3.62. The molecule has 2 amide bonds. The quantitative estimate of drug-likeness (QED) is 0.848. The summed E-state index contributed by atoms with van der Waals surface area (Å²) in [4.78, 5) is 34.7. The smallest absolute Gasteiger partial charge is 0.226 e. The monoisotopic (exact) mass is 358 g/mol. The second-order valence-corrected chi connectivity index (χ2v) is 6.45. The van der Waals surface area contributed by atoms with Crippen LogP contribution in [0.3, 0.4) is 0 Å². The predicted octanol–water partition coefficient (Wildman–Crippen LogP) is 1.02. The molecule has 0 radical (unpaired) electrons. The number of hydrogen-bond acceptors (Lipinski definition) is 7. The van der Waals surface area contributed by atoms with E-state index in [1.807, 2.05) is 11.8 Å². The summed E-state index contributed by atoms with van der Waals surface area (Å²) in [5.74, 6) is 0.493. The van der Waals surface area contributed by atoms with Crippen molar-refractivity contribution in [3.05, 3.63) is 34.7 Å². The number of nitrogens with one attached hydrogen (secondary N) is 1. The van der Waals surface area contributed by atoms with Crippen molar-refractivity contribution in [3.63, 3.8) is 0 Å². The first kappa shape index (κ1) is 18.0. The molecule has 1 N–H and O–H groups in total. The van der Waals surface area contributed by atoms with Crippen LogP contribution in [0.2, 0.25) is 0 Å². The van der Waals surface area contributed by atoms with E-state index in [9.17, 15) is 9.59 Å². The van der Waals surface area contributed by atoms with Gasteiger partial charge < -0.3 is 10.2 Å². The average Bonchev–Trinajstić information content (AvgIpc) is 3.23. The molecule has 0 spiro atoms. The molecular formula is C17H22N6O3. The molecule has 0 saturated carbocycles. The normalized spacial score (nSPS) is 16.7. The summed E-state index contributed by atoms with van der Waals surface area (Å²) in [6, 6.07) is -0.0666. The third-order valence-corrected chi connectivity index (χ3v) is 4.54. The van der Waals surface area contributed by atoms with Crippen LogP contribution in [-0.2, 0) is 22.6 Å². The Labute approximate surface area is 151 Å². The average molecular weight is 358 g/mol. The minimum Gasteiger partial charge on any atom is -0.352 e. The van der Waals surface area contributed by atoms with Crippen LogP contribution in [0.1, 0.15) is 54.3 Å². The van der Waals surface area contributed by atoms with Crippen LogP contribution in [-0.4, -0.2) is 43.5 Å². The number of carbonyl (C=O) groups excluding carboxylic acids is 2. The summed E-state index contributed by atoms with van der Waals surface area (Å²) >= 11 is 0. The van der Waals surface area contributed by atoms with Crippen LogP contribution in [0, 0.1) is 13.8 Å². The largest absolute Gasteiger partial charge is 0.352 e. The van der Waals surface area contributed by atoms with Gasteiger partial charge in [0.05, 0.1) is 18.2 Å². The fourth-order valence-corrected chi connectivity index (χ4v) is 3.18. The first-order valence-electron chi connectivity index (χ1n) is 8.60. The highest BCUT2D eigenvalue weighted by Crippen LogP contribution is 2.32. The van der Waals surface area contributed by atoms with Crippen LogP contribution in [0.4, 0.5) is 0 Å². The van der Waals surface area contributed by atoms with Gasteiger partial charge in [0.15, 0.2) is 0 Å². The molecule has 9 nitrogen and oxygen atoms in total. The number of amides is 2. The van der Waals surface area contributed by atoms with Crippen LogP contribution in [0.5, 0.6) is 0 Å². The number of aryl methyl sites for hydroxylation is 2. The van der Waals surface area contributed by atoms with Crippen molar-refractivity contribution >= 4 is 11.8 Å². The van der Waals surface area contributed by atoms with Crippen molar-refractivity contribution in [2.45, 2.75) is 52.6 Å². The Bertz CT molecular complexity index is 819. The zero-order valence-corrected chi connectivity index (χ0v) is 15.2. The molecule has 1 unspecified atom stereocenters. The first-order valence-corrected chi connectivity index (χ1v) is 8.60. The number of nitrogens with zero attached hydrogens (tertiary/aromatic N) is 5. The Balaban J connectivity index is 1.73. The predicted molar refractivity (Wildman–Crippen MR) is 90.7 cm³/mol. The SMILES string of the molecule is CC(=O)N1CCCC1c1nc(C)ncc1CNC(=O)Cc1nonc1C. The van der Waals surface area contributed by atoms with Gasteiger partial charge >= 0.3 is 0 Å². The molecule has 3 rings (SSSR count). The van der Waals surface area contributed by atoms with Crippen molar-refractivity contribution in [3.8, 4) is 0 Å². The van der Waals surface area contributed by atoms with Crippen LogP contribution in [0.15, 0.2) is 10.8 Å². The molecular weight excluding hydrogens is 336 g/mol. The topological polar surface area (TPSA) is 114 Å². The minimum atomic E-state index is -0.190. The van der Waals surface area contributed by atoms with E-state index < -0.39 is 0 Å². The third kappa shape index (κ3) is 3.87. The van der Waals surface area contributed by atoms with Gasteiger partial charge in [0, 0.05) is 31.8 Å². The number of hydrogen-bond donors (Lipinski definition) is 1. The highest BCUT2D eigenvalue weighted by molar-refractivity contribution is 5.78. The summed E-state index contributed by atoms with van der Waals surface area (Å²) in [6.45, 7) is 6.15. The zero-order valence-electron chi connectivity index (χ0n) is 15.2. The Hall–Kier alpha value is -2.84. The van der Waals surface area contributed by atoms with Gasteiger partial charge in [-0.1, -0.05) is 10.3 Å². The highest BCUT2D eigenvalue weighted by atomic mass is 16.6. The Morgan fingerprint density at radius 3 is 2.85 bits per heavy atom.